The molecule has 0 aromatic heterocycles. The number of ether oxygens (including phenoxy) is 1. The third-order valence-electron chi connectivity index (χ3n) is 4.15. The molecule has 126 valence electrons. The summed E-state index contributed by atoms with van der Waals surface area (Å²) in [7, 11) is 0. The summed E-state index contributed by atoms with van der Waals surface area (Å²) in [6, 6.07) is 4.97. The van der Waals surface area contributed by atoms with E-state index >= 15 is 0 Å². The molecule has 0 saturated carbocycles. The number of thioether (sulfide) groups is 1. The van der Waals surface area contributed by atoms with Crippen LogP contribution in [0.25, 0.3) is 0 Å². The molecule has 1 unspecified atom stereocenters. The average molecular weight is 339 g/mol. The summed E-state index contributed by atoms with van der Waals surface area (Å²) in [5.74, 6) is 1.95. The average Bonchev–Trinajstić information content (AvgIpc) is 2.89. The Bertz CT molecular complexity index is 564. The molecule has 2 aliphatic rings. The van der Waals surface area contributed by atoms with Gasteiger partial charge in [-0.25, -0.2) is 9.18 Å². The highest BCUT2D eigenvalue weighted by Gasteiger charge is 2.31. The predicted molar refractivity (Wildman–Crippen MR) is 91.8 cm³/mol. The standard InChI is InChI=1S/C16H22FN3O2S/c17-14-9-12(20-11-13(10-18)22-16(20)21)3-4-15(14)19-5-1-7-23-8-2-6-19/h3-4,9,13H,1-2,5-8,10-11,18H2. The quantitative estimate of drug-likeness (QED) is 0.917. The van der Waals surface area contributed by atoms with Gasteiger partial charge < -0.3 is 15.4 Å². The Morgan fingerprint density at radius 3 is 2.65 bits per heavy atom. The number of carbonyl (C=O) groups is 1. The molecule has 2 heterocycles. The van der Waals surface area contributed by atoms with Crippen LogP contribution in [0.15, 0.2) is 18.2 Å². The Kier molecular flexibility index (Phi) is 5.27. The zero-order valence-corrected chi connectivity index (χ0v) is 13.9. The van der Waals surface area contributed by atoms with Crippen LogP contribution in [-0.2, 0) is 4.74 Å². The minimum Gasteiger partial charge on any atom is -0.443 e. The fraction of sp³-hybridized carbons (Fsp3) is 0.562. The van der Waals surface area contributed by atoms with Crippen molar-refractivity contribution in [2.75, 3.05) is 47.5 Å². The van der Waals surface area contributed by atoms with E-state index in [4.69, 9.17) is 10.5 Å². The topological polar surface area (TPSA) is 58.8 Å². The maximum Gasteiger partial charge on any atom is 0.414 e. The van der Waals surface area contributed by atoms with Crippen molar-refractivity contribution >= 4 is 29.2 Å². The van der Waals surface area contributed by atoms with Gasteiger partial charge in [-0.2, -0.15) is 11.8 Å². The first kappa shape index (κ1) is 16.4. The molecular weight excluding hydrogens is 317 g/mol. The molecule has 1 aromatic rings. The van der Waals surface area contributed by atoms with Gasteiger partial charge in [0.1, 0.15) is 11.9 Å². The van der Waals surface area contributed by atoms with Crippen LogP contribution in [0, 0.1) is 5.82 Å². The molecule has 1 atom stereocenters. The lowest BCUT2D eigenvalue weighted by Gasteiger charge is -2.27. The third-order valence-corrected chi connectivity index (χ3v) is 5.31. The molecule has 23 heavy (non-hydrogen) atoms. The minimum atomic E-state index is -0.462. The van der Waals surface area contributed by atoms with E-state index in [1.165, 1.54) is 11.0 Å². The molecule has 1 aromatic carbocycles. The molecule has 2 aliphatic heterocycles. The molecule has 0 bridgehead atoms. The van der Waals surface area contributed by atoms with Crippen LogP contribution in [-0.4, -0.2) is 49.9 Å². The second-order valence-corrected chi connectivity index (χ2v) is 7.02. The largest absolute Gasteiger partial charge is 0.443 e. The van der Waals surface area contributed by atoms with Crippen LogP contribution in [0.4, 0.5) is 20.6 Å². The van der Waals surface area contributed by atoms with Crippen molar-refractivity contribution in [3.8, 4) is 0 Å². The highest BCUT2D eigenvalue weighted by molar-refractivity contribution is 7.99. The monoisotopic (exact) mass is 339 g/mol. The van der Waals surface area contributed by atoms with Gasteiger partial charge in [0.15, 0.2) is 0 Å². The number of hydrogen-bond acceptors (Lipinski definition) is 5. The summed E-state index contributed by atoms with van der Waals surface area (Å²) in [6.45, 7) is 2.37. The maximum absolute atomic E-state index is 14.6. The lowest BCUT2D eigenvalue weighted by atomic mass is 10.2. The number of cyclic esters (lactones) is 1. The van der Waals surface area contributed by atoms with E-state index in [0.29, 0.717) is 17.9 Å². The van der Waals surface area contributed by atoms with Gasteiger partial charge in [-0.3, -0.25) is 4.90 Å². The van der Waals surface area contributed by atoms with E-state index in [9.17, 15) is 9.18 Å². The molecule has 2 fully saturated rings. The Balaban J connectivity index is 1.76. The number of carbonyl (C=O) groups excluding carboxylic acids is 1. The van der Waals surface area contributed by atoms with Crippen LogP contribution in [0.3, 0.4) is 0 Å². The van der Waals surface area contributed by atoms with E-state index < -0.39 is 6.09 Å². The van der Waals surface area contributed by atoms with Crippen molar-refractivity contribution < 1.29 is 13.9 Å². The summed E-state index contributed by atoms with van der Waals surface area (Å²) >= 11 is 1.96. The van der Waals surface area contributed by atoms with E-state index in [0.717, 1.165) is 37.4 Å². The minimum absolute atomic E-state index is 0.272. The van der Waals surface area contributed by atoms with Gasteiger partial charge in [0.2, 0.25) is 0 Å². The predicted octanol–water partition coefficient (Wildman–Crippen LogP) is 2.44. The van der Waals surface area contributed by atoms with Crippen molar-refractivity contribution in [1.29, 1.82) is 0 Å². The Hall–Kier alpha value is -1.47. The first-order valence-electron chi connectivity index (χ1n) is 7.99. The fourth-order valence-corrected chi connectivity index (χ4v) is 3.82. The van der Waals surface area contributed by atoms with Gasteiger partial charge >= 0.3 is 6.09 Å². The van der Waals surface area contributed by atoms with Gasteiger partial charge in [-0.15, -0.1) is 0 Å². The molecule has 7 heteroatoms. The van der Waals surface area contributed by atoms with E-state index in [2.05, 4.69) is 4.90 Å². The highest BCUT2D eigenvalue weighted by Crippen LogP contribution is 2.28. The van der Waals surface area contributed by atoms with Gasteiger partial charge in [0.05, 0.1) is 17.9 Å². The molecule has 0 spiro atoms. The number of anilines is 2. The first-order valence-corrected chi connectivity index (χ1v) is 9.15. The number of benzene rings is 1. The van der Waals surface area contributed by atoms with Crippen molar-refractivity contribution in [3.63, 3.8) is 0 Å². The van der Waals surface area contributed by atoms with Gasteiger partial charge in [0.25, 0.3) is 0 Å². The maximum atomic E-state index is 14.6. The Morgan fingerprint density at radius 1 is 1.30 bits per heavy atom. The number of nitrogens with zero attached hydrogens (tertiary/aromatic N) is 2. The molecule has 0 radical (unpaired) electrons. The fourth-order valence-electron chi connectivity index (χ4n) is 2.94. The number of hydrogen-bond donors (Lipinski definition) is 1. The van der Waals surface area contributed by atoms with E-state index in [-0.39, 0.29) is 18.5 Å². The van der Waals surface area contributed by atoms with Crippen molar-refractivity contribution in [2.24, 2.45) is 5.73 Å². The second-order valence-electron chi connectivity index (χ2n) is 5.79. The lowest BCUT2D eigenvalue weighted by molar-refractivity contribution is 0.145. The summed E-state index contributed by atoms with van der Waals surface area (Å²) in [5.41, 5.74) is 6.67. The lowest BCUT2D eigenvalue weighted by Crippen LogP contribution is -2.29. The van der Waals surface area contributed by atoms with Crippen LogP contribution in [0.1, 0.15) is 12.8 Å². The highest BCUT2D eigenvalue weighted by atomic mass is 32.2. The Labute approximate surface area is 139 Å². The van der Waals surface area contributed by atoms with Crippen molar-refractivity contribution in [2.45, 2.75) is 18.9 Å². The smallest absolute Gasteiger partial charge is 0.414 e. The van der Waals surface area contributed by atoms with E-state index in [1.54, 1.807) is 12.1 Å². The number of halogens is 1. The van der Waals surface area contributed by atoms with Crippen LogP contribution in [0.2, 0.25) is 0 Å². The molecular formula is C16H22FN3O2S. The SMILES string of the molecule is NCC1CN(c2ccc(N3CCCSCCC3)c(F)c2)C(=O)O1. The summed E-state index contributed by atoms with van der Waals surface area (Å²) in [4.78, 5) is 15.4. The molecule has 2 saturated heterocycles. The number of rotatable bonds is 3. The zero-order chi connectivity index (χ0) is 16.2. The van der Waals surface area contributed by atoms with Gasteiger partial charge in [-0.05, 0) is 42.5 Å². The van der Waals surface area contributed by atoms with Gasteiger partial charge in [0, 0.05) is 19.6 Å². The molecule has 3 rings (SSSR count). The van der Waals surface area contributed by atoms with Crippen LogP contribution in [0.5, 0.6) is 0 Å². The van der Waals surface area contributed by atoms with Gasteiger partial charge in [-0.1, -0.05) is 0 Å². The summed E-state index contributed by atoms with van der Waals surface area (Å²) in [5, 5.41) is 0. The number of amides is 1. The molecule has 2 N–H and O–H groups in total. The summed E-state index contributed by atoms with van der Waals surface area (Å²) in [6.07, 6.45) is 1.33. The second kappa shape index (κ2) is 7.40. The molecule has 0 aliphatic carbocycles. The molecule has 1 amide bonds. The van der Waals surface area contributed by atoms with Crippen LogP contribution < -0.4 is 15.5 Å². The summed E-state index contributed by atoms with van der Waals surface area (Å²) < 4.78 is 19.7. The van der Waals surface area contributed by atoms with Crippen LogP contribution >= 0.6 is 11.8 Å². The zero-order valence-electron chi connectivity index (χ0n) is 13.0. The Morgan fingerprint density at radius 2 is 2.04 bits per heavy atom. The third kappa shape index (κ3) is 3.72. The molecule has 5 nitrogen and oxygen atoms in total. The normalized spacial score (nSPS) is 22.7. The number of nitrogens with two attached hydrogens (primary N) is 1. The van der Waals surface area contributed by atoms with Crippen molar-refractivity contribution in [1.82, 2.24) is 0 Å². The first-order chi connectivity index (χ1) is 11.2. The van der Waals surface area contributed by atoms with E-state index in [1.807, 2.05) is 11.8 Å². The van der Waals surface area contributed by atoms with Crippen molar-refractivity contribution in [3.05, 3.63) is 24.0 Å².